The molecule has 0 aliphatic carbocycles. The number of aromatic nitrogens is 1. The molecule has 1 heterocycles. The number of halogens is 1. The van der Waals surface area contributed by atoms with E-state index in [9.17, 15) is 8.42 Å². The van der Waals surface area contributed by atoms with Gasteiger partial charge in [-0.2, -0.15) is 0 Å². The number of nitrogens with one attached hydrogen (secondary N) is 2. The van der Waals surface area contributed by atoms with Crippen LogP contribution in [0.15, 0.2) is 39.9 Å². The summed E-state index contributed by atoms with van der Waals surface area (Å²) >= 11 is 0. The summed E-state index contributed by atoms with van der Waals surface area (Å²) in [6, 6.07) is 8.01. The number of aliphatic imine (C=N–C) groups is 1. The van der Waals surface area contributed by atoms with Gasteiger partial charge < -0.3 is 15.1 Å². The summed E-state index contributed by atoms with van der Waals surface area (Å²) in [4.78, 5) is 8.71. The fourth-order valence-electron chi connectivity index (χ4n) is 2.48. The van der Waals surface area contributed by atoms with Gasteiger partial charge in [0.1, 0.15) is 16.1 Å². The van der Waals surface area contributed by atoms with Gasteiger partial charge in [0.2, 0.25) is 5.89 Å². The Hall–Kier alpha value is -1.62. The van der Waals surface area contributed by atoms with E-state index in [1.807, 2.05) is 45.0 Å². The van der Waals surface area contributed by atoms with E-state index in [2.05, 4.69) is 20.6 Å². The number of guanidine groups is 1. The van der Waals surface area contributed by atoms with E-state index >= 15 is 0 Å². The van der Waals surface area contributed by atoms with Gasteiger partial charge in [-0.1, -0.05) is 31.5 Å². The predicted molar refractivity (Wildman–Crippen MR) is 128 cm³/mol. The highest BCUT2D eigenvalue weighted by molar-refractivity contribution is 14.0. The Kier molecular flexibility index (Phi) is 9.60. The lowest BCUT2D eigenvalue weighted by Gasteiger charge is -2.25. The molecule has 2 aromatic rings. The number of oxazole rings is 1. The minimum atomic E-state index is -2.96. The Morgan fingerprint density at radius 1 is 1.21 bits per heavy atom. The van der Waals surface area contributed by atoms with Crippen molar-refractivity contribution in [3.05, 3.63) is 41.8 Å². The third-order valence-electron chi connectivity index (χ3n) is 4.39. The molecule has 0 fully saturated rings. The van der Waals surface area contributed by atoms with E-state index in [1.54, 1.807) is 13.3 Å². The first-order chi connectivity index (χ1) is 13.1. The first-order valence-corrected chi connectivity index (χ1v) is 11.3. The number of sulfone groups is 1. The lowest BCUT2D eigenvalue weighted by molar-refractivity contribution is 0.348. The molecule has 0 aliphatic rings. The maximum absolute atomic E-state index is 11.4. The molecule has 0 saturated heterocycles. The van der Waals surface area contributed by atoms with Crippen molar-refractivity contribution in [1.82, 2.24) is 15.6 Å². The molecule has 0 amide bonds. The number of aryl methyl sites for hydroxylation is 1. The molecule has 0 aliphatic heterocycles. The average molecular weight is 534 g/mol. The van der Waals surface area contributed by atoms with Crippen LogP contribution in [0.25, 0.3) is 11.5 Å². The van der Waals surface area contributed by atoms with E-state index in [1.165, 1.54) is 11.8 Å². The second-order valence-electron chi connectivity index (χ2n) is 7.83. The van der Waals surface area contributed by atoms with Gasteiger partial charge in [0.05, 0.1) is 18.0 Å². The Bertz CT molecular complexity index is 906. The Morgan fingerprint density at radius 3 is 2.45 bits per heavy atom. The lowest BCUT2D eigenvalue weighted by Crippen LogP contribution is -2.42. The molecule has 162 valence electrons. The molecule has 0 bridgehead atoms. The third-order valence-corrected chi connectivity index (χ3v) is 5.34. The first kappa shape index (κ1) is 25.4. The van der Waals surface area contributed by atoms with Crippen molar-refractivity contribution in [2.45, 2.75) is 33.7 Å². The fourth-order valence-corrected chi connectivity index (χ4v) is 3.41. The van der Waals surface area contributed by atoms with Crippen LogP contribution in [0.1, 0.15) is 31.5 Å². The molecule has 1 aromatic heterocycles. The van der Waals surface area contributed by atoms with Gasteiger partial charge >= 0.3 is 0 Å². The predicted octanol–water partition coefficient (Wildman–Crippen LogP) is 3.39. The first-order valence-electron chi connectivity index (χ1n) is 9.22. The molecule has 9 heteroatoms. The zero-order valence-electron chi connectivity index (χ0n) is 17.7. The molecule has 0 atom stereocenters. The second-order valence-corrected chi connectivity index (χ2v) is 10.1. The quantitative estimate of drug-likeness (QED) is 0.306. The van der Waals surface area contributed by atoms with Gasteiger partial charge in [-0.25, -0.2) is 13.4 Å². The summed E-state index contributed by atoms with van der Waals surface area (Å²) in [6.07, 6.45) is 3.48. The van der Waals surface area contributed by atoms with Crippen LogP contribution in [0.2, 0.25) is 0 Å². The normalized spacial score (nSPS) is 12.4. The van der Waals surface area contributed by atoms with Crippen molar-refractivity contribution in [3.63, 3.8) is 0 Å². The smallest absolute Gasteiger partial charge is 0.226 e. The van der Waals surface area contributed by atoms with E-state index in [0.717, 1.165) is 11.3 Å². The van der Waals surface area contributed by atoms with E-state index in [-0.39, 0.29) is 35.1 Å². The zero-order valence-corrected chi connectivity index (χ0v) is 20.8. The van der Waals surface area contributed by atoms with Crippen LogP contribution in [0.5, 0.6) is 0 Å². The van der Waals surface area contributed by atoms with Crippen LogP contribution in [0.3, 0.4) is 0 Å². The maximum atomic E-state index is 11.4. The Labute approximate surface area is 190 Å². The topological polar surface area (TPSA) is 96.6 Å². The molecule has 0 saturated carbocycles. The van der Waals surface area contributed by atoms with Crippen LogP contribution >= 0.6 is 24.0 Å². The monoisotopic (exact) mass is 534 g/mol. The molecule has 29 heavy (non-hydrogen) atoms. The van der Waals surface area contributed by atoms with Gasteiger partial charge in [0.15, 0.2) is 5.96 Å². The van der Waals surface area contributed by atoms with Crippen molar-refractivity contribution < 1.29 is 12.8 Å². The summed E-state index contributed by atoms with van der Waals surface area (Å²) < 4.78 is 28.3. The minimum absolute atomic E-state index is 0. The van der Waals surface area contributed by atoms with Gasteiger partial charge in [-0.05, 0) is 30.9 Å². The summed E-state index contributed by atoms with van der Waals surface area (Å²) in [5.74, 6) is 1.39. The van der Waals surface area contributed by atoms with Gasteiger partial charge in [-0.15, -0.1) is 24.0 Å². The molecule has 0 unspecified atom stereocenters. The largest absolute Gasteiger partial charge is 0.444 e. The Morgan fingerprint density at radius 2 is 1.86 bits per heavy atom. The summed E-state index contributed by atoms with van der Waals surface area (Å²) in [7, 11) is -1.27. The van der Waals surface area contributed by atoms with Crippen molar-refractivity contribution in [1.29, 1.82) is 0 Å². The number of benzene rings is 1. The molecule has 2 rings (SSSR count). The molecular formula is C20H31IN4O3S. The van der Waals surface area contributed by atoms with Gasteiger partial charge in [-0.3, -0.25) is 4.99 Å². The highest BCUT2D eigenvalue weighted by Gasteiger charge is 2.20. The van der Waals surface area contributed by atoms with Crippen molar-refractivity contribution >= 4 is 39.8 Å². The van der Waals surface area contributed by atoms with Crippen LogP contribution in [0.4, 0.5) is 0 Å². The van der Waals surface area contributed by atoms with Crippen LogP contribution in [-0.4, -0.2) is 45.0 Å². The summed E-state index contributed by atoms with van der Waals surface area (Å²) in [5.41, 5.74) is 2.72. The maximum Gasteiger partial charge on any atom is 0.226 e. The lowest BCUT2D eigenvalue weighted by atomic mass is 9.90. The Balaban J connectivity index is 0.00000420. The molecule has 7 nitrogen and oxygen atoms in total. The van der Waals surface area contributed by atoms with Gasteiger partial charge in [0, 0.05) is 25.4 Å². The number of rotatable bonds is 8. The number of nitrogens with zero attached hydrogens (tertiary/aromatic N) is 2. The fraction of sp³-hybridized carbons (Fsp3) is 0.500. The van der Waals surface area contributed by atoms with Gasteiger partial charge in [0.25, 0.3) is 0 Å². The van der Waals surface area contributed by atoms with E-state index in [0.29, 0.717) is 31.4 Å². The number of hydrogen-bond donors (Lipinski definition) is 2. The van der Waals surface area contributed by atoms with Crippen molar-refractivity contribution in [3.8, 4) is 11.5 Å². The molecule has 0 radical (unpaired) electrons. The second kappa shape index (κ2) is 11.0. The third kappa shape index (κ3) is 9.16. The molecule has 0 spiro atoms. The highest BCUT2D eigenvalue weighted by Crippen LogP contribution is 2.20. The summed E-state index contributed by atoms with van der Waals surface area (Å²) in [5, 5.41) is 6.45. The standard InChI is InChI=1S/C20H30N4O3S.HI/c1-15-6-8-16(9-7-15)18-24-17(13-27-18)12-22-19(21-4)23-14-20(2,3)10-11-28(5,25)26;/h6-9,13H,10-12,14H2,1-5H3,(H2,21,22,23);1H. The van der Waals surface area contributed by atoms with Crippen molar-refractivity contribution in [2.24, 2.45) is 10.4 Å². The van der Waals surface area contributed by atoms with Crippen LogP contribution < -0.4 is 10.6 Å². The van der Waals surface area contributed by atoms with Crippen LogP contribution in [-0.2, 0) is 16.4 Å². The summed E-state index contributed by atoms with van der Waals surface area (Å²) in [6.45, 7) is 7.18. The van der Waals surface area contributed by atoms with Crippen molar-refractivity contribution in [2.75, 3.05) is 25.6 Å². The molecular weight excluding hydrogens is 503 g/mol. The SMILES string of the molecule is CN=C(NCc1coc(-c2ccc(C)cc2)n1)NCC(C)(C)CCS(C)(=O)=O.I. The number of hydrogen-bond acceptors (Lipinski definition) is 5. The minimum Gasteiger partial charge on any atom is -0.444 e. The molecule has 1 aromatic carbocycles. The highest BCUT2D eigenvalue weighted by atomic mass is 127. The molecule has 2 N–H and O–H groups in total. The van der Waals surface area contributed by atoms with E-state index < -0.39 is 9.84 Å². The van der Waals surface area contributed by atoms with E-state index in [4.69, 9.17) is 4.42 Å². The average Bonchev–Trinajstić information content (AvgIpc) is 3.09. The van der Waals surface area contributed by atoms with Crippen LogP contribution in [0, 0.1) is 12.3 Å². The zero-order chi connectivity index (χ0) is 20.8.